The Morgan fingerprint density at radius 3 is 2.59 bits per heavy atom. The van der Waals surface area contributed by atoms with Gasteiger partial charge in [-0.15, -0.1) is 0 Å². The van der Waals surface area contributed by atoms with Gasteiger partial charge in [-0.25, -0.2) is 4.79 Å². The summed E-state index contributed by atoms with van der Waals surface area (Å²) in [5, 5.41) is 11.9. The summed E-state index contributed by atoms with van der Waals surface area (Å²) in [6, 6.07) is 0. The second kappa shape index (κ2) is 7.45. The van der Waals surface area contributed by atoms with Crippen LogP contribution in [0, 0.1) is 13.8 Å². The third kappa shape index (κ3) is 3.88. The Bertz CT molecular complexity index is 545. The number of hydrogen-bond donors (Lipinski definition) is 3. The molecule has 1 heterocycles. The van der Waals surface area contributed by atoms with Crippen LogP contribution in [0.25, 0.3) is 0 Å². The summed E-state index contributed by atoms with van der Waals surface area (Å²) in [5.74, 6) is -1.29. The number of carbonyl (C=O) groups excluding carboxylic acids is 1. The average molecular weight is 308 g/mol. The highest BCUT2D eigenvalue weighted by Crippen LogP contribution is 2.21. The van der Waals surface area contributed by atoms with Gasteiger partial charge in [0.2, 0.25) is 0 Å². The van der Waals surface area contributed by atoms with Gasteiger partial charge in [-0.05, 0) is 38.7 Å². The third-order valence-corrected chi connectivity index (χ3v) is 4.14. The summed E-state index contributed by atoms with van der Waals surface area (Å²) < 4.78 is 5.74. The van der Waals surface area contributed by atoms with Crippen LogP contribution < -0.4 is 5.32 Å². The summed E-state index contributed by atoms with van der Waals surface area (Å²) in [4.78, 5) is 26.0. The molecule has 1 aromatic rings. The second-order valence-electron chi connectivity index (χ2n) is 5.82. The topological polar surface area (TPSA) is 91.4 Å². The molecule has 22 heavy (non-hydrogen) atoms. The average Bonchev–Trinajstić information content (AvgIpc) is 3.06. The molecule has 0 unspecified atom stereocenters. The molecule has 0 aliphatic heterocycles. The first-order valence-corrected chi connectivity index (χ1v) is 7.83. The van der Waals surface area contributed by atoms with E-state index >= 15 is 0 Å². The van der Waals surface area contributed by atoms with E-state index in [0.717, 1.165) is 19.3 Å². The van der Waals surface area contributed by atoms with Gasteiger partial charge in [-0.2, -0.15) is 0 Å². The molecular weight excluding hydrogens is 284 g/mol. The Morgan fingerprint density at radius 2 is 2.00 bits per heavy atom. The first-order chi connectivity index (χ1) is 10.5. The second-order valence-corrected chi connectivity index (χ2v) is 5.82. The number of aryl methyl sites for hydroxylation is 1. The molecule has 0 aromatic carbocycles. The lowest BCUT2D eigenvalue weighted by atomic mass is 10.1. The van der Waals surface area contributed by atoms with Crippen LogP contribution in [0.2, 0.25) is 0 Å². The fourth-order valence-electron chi connectivity index (χ4n) is 2.97. The smallest absolute Gasteiger partial charge is 0.352 e. The van der Waals surface area contributed by atoms with Crippen LogP contribution in [0.15, 0.2) is 0 Å². The number of ether oxygens (including phenoxy) is 1. The molecule has 1 aliphatic carbocycles. The maximum absolute atomic E-state index is 12.2. The monoisotopic (exact) mass is 308 g/mol. The summed E-state index contributed by atoms with van der Waals surface area (Å²) in [6.07, 6.45) is 5.94. The van der Waals surface area contributed by atoms with Gasteiger partial charge in [0.25, 0.3) is 5.91 Å². The van der Waals surface area contributed by atoms with E-state index in [-0.39, 0.29) is 11.6 Å². The minimum absolute atomic E-state index is 0.0761. The predicted molar refractivity (Wildman–Crippen MR) is 82.4 cm³/mol. The maximum atomic E-state index is 12.2. The Balaban J connectivity index is 1.78. The standard InChI is InChI=1S/C16H24N2O4/c1-10-13(11(2)18-14(10)16(20)21)15(19)17-8-5-9-22-12-6-3-4-7-12/h12,18H,3-9H2,1-2H3,(H,17,19)(H,20,21). The molecule has 0 radical (unpaired) electrons. The number of rotatable bonds is 7. The molecule has 122 valence electrons. The van der Waals surface area contributed by atoms with Crippen LogP contribution in [0.4, 0.5) is 0 Å². The summed E-state index contributed by atoms with van der Waals surface area (Å²) in [7, 11) is 0. The molecule has 1 fully saturated rings. The fraction of sp³-hybridized carbons (Fsp3) is 0.625. The molecule has 2 rings (SSSR count). The SMILES string of the molecule is Cc1[nH]c(C(=O)O)c(C)c1C(=O)NCCCOC1CCCC1. The van der Waals surface area contributed by atoms with Crippen molar-refractivity contribution in [3.63, 3.8) is 0 Å². The number of H-pyrrole nitrogens is 1. The zero-order chi connectivity index (χ0) is 16.1. The van der Waals surface area contributed by atoms with Gasteiger partial charge in [0, 0.05) is 18.8 Å². The van der Waals surface area contributed by atoms with Gasteiger partial charge in [0.15, 0.2) is 0 Å². The summed E-state index contributed by atoms with van der Waals surface area (Å²) >= 11 is 0. The molecule has 0 atom stereocenters. The number of carbonyl (C=O) groups is 2. The van der Waals surface area contributed by atoms with Crippen LogP contribution in [0.5, 0.6) is 0 Å². The Labute approximate surface area is 130 Å². The molecular formula is C16H24N2O4. The number of hydrogen-bond acceptors (Lipinski definition) is 3. The van der Waals surface area contributed by atoms with E-state index in [0.29, 0.717) is 36.1 Å². The Morgan fingerprint density at radius 1 is 1.32 bits per heavy atom. The van der Waals surface area contributed by atoms with E-state index in [1.54, 1.807) is 13.8 Å². The molecule has 1 aliphatic rings. The number of carboxylic acids is 1. The molecule has 6 heteroatoms. The van der Waals surface area contributed by atoms with E-state index in [2.05, 4.69) is 10.3 Å². The number of nitrogens with one attached hydrogen (secondary N) is 2. The number of aromatic carboxylic acids is 1. The van der Waals surface area contributed by atoms with Crippen molar-refractivity contribution in [3.8, 4) is 0 Å². The highest BCUT2D eigenvalue weighted by Gasteiger charge is 2.21. The highest BCUT2D eigenvalue weighted by atomic mass is 16.5. The third-order valence-electron chi connectivity index (χ3n) is 4.14. The van der Waals surface area contributed by atoms with Crippen molar-refractivity contribution >= 4 is 11.9 Å². The van der Waals surface area contributed by atoms with Gasteiger partial charge in [0.1, 0.15) is 5.69 Å². The predicted octanol–water partition coefficient (Wildman–Crippen LogP) is 2.41. The fourth-order valence-corrected chi connectivity index (χ4v) is 2.97. The lowest BCUT2D eigenvalue weighted by Gasteiger charge is -2.11. The molecule has 3 N–H and O–H groups in total. The Kier molecular flexibility index (Phi) is 5.60. The summed E-state index contributed by atoms with van der Waals surface area (Å²) in [6.45, 7) is 4.52. The van der Waals surface area contributed by atoms with Crippen LogP contribution in [-0.4, -0.2) is 41.2 Å². The first-order valence-electron chi connectivity index (χ1n) is 7.83. The molecule has 0 spiro atoms. The van der Waals surface area contributed by atoms with Crippen molar-refractivity contribution in [1.29, 1.82) is 0 Å². The van der Waals surface area contributed by atoms with Crippen LogP contribution in [0.1, 0.15) is 64.2 Å². The highest BCUT2D eigenvalue weighted by molar-refractivity contribution is 6.00. The lowest BCUT2D eigenvalue weighted by molar-refractivity contribution is 0.0565. The number of carboxylic acid groups (broad SMARTS) is 1. The lowest BCUT2D eigenvalue weighted by Crippen LogP contribution is -2.26. The van der Waals surface area contributed by atoms with Gasteiger partial charge >= 0.3 is 5.97 Å². The van der Waals surface area contributed by atoms with Crippen molar-refractivity contribution in [2.45, 2.75) is 52.1 Å². The zero-order valence-corrected chi connectivity index (χ0v) is 13.2. The molecule has 0 bridgehead atoms. The zero-order valence-electron chi connectivity index (χ0n) is 13.2. The van der Waals surface area contributed by atoms with E-state index in [9.17, 15) is 9.59 Å². The minimum Gasteiger partial charge on any atom is -0.477 e. The van der Waals surface area contributed by atoms with Gasteiger partial charge in [0.05, 0.1) is 11.7 Å². The normalized spacial score (nSPS) is 15.2. The van der Waals surface area contributed by atoms with Crippen LogP contribution >= 0.6 is 0 Å². The number of aromatic amines is 1. The first kappa shape index (κ1) is 16.5. The van der Waals surface area contributed by atoms with Crippen molar-refractivity contribution in [2.24, 2.45) is 0 Å². The van der Waals surface area contributed by atoms with Crippen molar-refractivity contribution in [1.82, 2.24) is 10.3 Å². The van der Waals surface area contributed by atoms with Gasteiger partial charge in [-0.3, -0.25) is 4.79 Å². The van der Waals surface area contributed by atoms with Crippen molar-refractivity contribution in [2.75, 3.05) is 13.2 Å². The van der Waals surface area contributed by atoms with Gasteiger partial charge < -0.3 is 20.1 Å². The van der Waals surface area contributed by atoms with Gasteiger partial charge in [-0.1, -0.05) is 12.8 Å². The van der Waals surface area contributed by atoms with E-state index in [1.807, 2.05) is 0 Å². The van der Waals surface area contributed by atoms with Crippen LogP contribution in [0.3, 0.4) is 0 Å². The molecule has 0 saturated heterocycles. The van der Waals surface area contributed by atoms with Crippen LogP contribution in [-0.2, 0) is 4.74 Å². The largest absolute Gasteiger partial charge is 0.477 e. The van der Waals surface area contributed by atoms with E-state index in [4.69, 9.17) is 9.84 Å². The minimum atomic E-state index is -1.05. The molecule has 6 nitrogen and oxygen atoms in total. The van der Waals surface area contributed by atoms with E-state index in [1.165, 1.54) is 12.8 Å². The van der Waals surface area contributed by atoms with E-state index < -0.39 is 5.97 Å². The molecule has 1 amide bonds. The van der Waals surface area contributed by atoms with Crippen molar-refractivity contribution < 1.29 is 19.4 Å². The quantitative estimate of drug-likeness (QED) is 0.675. The number of amides is 1. The summed E-state index contributed by atoms with van der Waals surface area (Å²) in [5.41, 5.74) is 1.56. The van der Waals surface area contributed by atoms with Crippen molar-refractivity contribution in [3.05, 3.63) is 22.5 Å². The molecule has 1 saturated carbocycles. The maximum Gasteiger partial charge on any atom is 0.352 e. The molecule has 1 aromatic heterocycles. The Hall–Kier alpha value is -1.82. The number of aromatic nitrogens is 1.